The summed E-state index contributed by atoms with van der Waals surface area (Å²) in [7, 11) is 2.16. The smallest absolute Gasteiger partial charge is 0.332 e. The van der Waals surface area contributed by atoms with Gasteiger partial charge < -0.3 is 29.0 Å². The van der Waals surface area contributed by atoms with Gasteiger partial charge in [0.25, 0.3) is 0 Å². The fraction of sp³-hybridized carbons (Fsp3) is 0.304. The van der Waals surface area contributed by atoms with Crippen molar-refractivity contribution in [2.75, 3.05) is 40.4 Å². The van der Waals surface area contributed by atoms with Gasteiger partial charge in [-0.15, -0.1) is 0 Å². The summed E-state index contributed by atoms with van der Waals surface area (Å²) in [6.07, 6.45) is 3.92. The summed E-state index contributed by atoms with van der Waals surface area (Å²) in [6, 6.07) is 6.37. The van der Waals surface area contributed by atoms with Crippen LogP contribution in [0.15, 0.2) is 41.9 Å². The van der Waals surface area contributed by atoms with Crippen molar-refractivity contribution in [2.45, 2.75) is 12.7 Å². The lowest BCUT2D eigenvalue weighted by atomic mass is 10.1. The normalized spacial score (nSPS) is 11.4. The second-order valence-corrected chi connectivity index (χ2v) is 8.53. The first-order valence-corrected chi connectivity index (χ1v) is 11.8. The van der Waals surface area contributed by atoms with E-state index in [2.05, 4.69) is 10.3 Å². The number of nitrogens with one attached hydrogen (secondary N) is 1. The lowest BCUT2D eigenvalue weighted by molar-refractivity contribution is -0.137. The zero-order valence-electron chi connectivity index (χ0n) is 19.7. The Balaban J connectivity index is 2.26. The first kappa shape index (κ1) is 26.5. The van der Waals surface area contributed by atoms with Crippen LogP contribution in [-0.2, 0) is 25.1 Å². The molecule has 0 bridgehead atoms. The lowest BCUT2D eigenvalue weighted by Gasteiger charge is -2.12. The average Bonchev–Trinajstić information content (AvgIpc) is 2.82. The number of hydrogen-bond acceptors (Lipinski definition) is 10. The number of carbonyl (C=O) groups excluding carboxylic acids is 1. The van der Waals surface area contributed by atoms with Crippen molar-refractivity contribution in [3.05, 3.63) is 53.2 Å². The van der Waals surface area contributed by atoms with Gasteiger partial charge in [-0.05, 0) is 25.1 Å². The Bertz CT molecular complexity index is 1130. The van der Waals surface area contributed by atoms with Crippen LogP contribution in [0.1, 0.15) is 18.2 Å². The highest BCUT2D eigenvalue weighted by molar-refractivity contribution is 7.93. The van der Waals surface area contributed by atoms with Crippen LogP contribution in [0.3, 0.4) is 0 Å². The van der Waals surface area contributed by atoms with Gasteiger partial charge in [-0.25, -0.2) is 18.2 Å². The molecule has 0 unspecified atom stereocenters. The highest BCUT2D eigenvalue weighted by atomic mass is 32.2. The number of carbonyl (C=O) groups is 1. The molecule has 34 heavy (non-hydrogen) atoms. The van der Waals surface area contributed by atoms with E-state index in [1.54, 1.807) is 31.2 Å². The summed E-state index contributed by atoms with van der Waals surface area (Å²) in [5.41, 5.74) is 0.717. The van der Waals surface area contributed by atoms with Crippen LogP contribution in [0.5, 0.6) is 23.0 Å². The zero-order chi connectivity index (χ0) is 25.1. The standard InChI is InChI=1S/C23H28N2O8S/c1-6-33-22(26)9-11-24-23-19(30-3)8-7-16(25-23)15-34(27,28)12-10-18-20(31-4)13-17(29-2)14-21(18)32-5/h7-14H,6,15H2,1-5H3,(H,24,25)/b11-9-,12-10+. The number of hydrogen-bond donors (Lipinski definition) is 1. The minimum Gasteiger partial charge on any atom is -0.496 e. The Kier molecular flexibility index (Phi) is 9.75. The molecule has 0 radical (unpaired) electrons. The summed E-state index contributed by atoms with van der Waals surface area (Å²) >= 11 is 0. The molecule has 11 heteroatoms. The molecule has 0 saturated carbocycles. The van der Waals surface area contributed by atoms with E-state index < -0.39 is 15.8 Å². The van der Waals surface area contributed by atoms with E-state index >= 15 is 0 Å². The molecule has 0 fully saturated rings. The SMILES string of the molecule is CCOC(=O)/C=C\Nc1nc(CS(=O)(=O)/C=C/c2c(OC)cc(OC)cc2OC)ccc1OC. The molecule has 1 aromatic carbocycles. The van der Waals surface area contributed by atoms with E-state index in [0.717, 1.165) is 5.41 Å². The molecule has 0 aliphatic carbocycles. The molecule has 0 aliphatic rings. The van der Waals surface area contributed by atoms with E-state index in [1.165, 1.54) is 46.8 Å². The zero-order valence-corrected chi connectivity index (χ0v) is 20.5. The Morgan fingerprint density at radius 1 is 1.00 bits per heavy atom. The molecular formula is C23H28N2O8S. The van der Waals surface area contributed by atoms with E-state index in [1.807, 2.05) is 0 Å². The lowest BCUT2D eigenvalue weighted by Crippen LogP contribution is -2.06. The maximum absolute atomic E-state index is 12.8. The number of anilines is 1. The number of esters is 1. The highest BCUT2D eigenvalue weighted by Gasteiger charge is 2.15. The highest BCUT2D eigenvalue weighted by Crippen LogP contribution is 2.35. The van der Waals surface area contributed by atoms with Crippen LogP contribution in [0, 0.1) is 0 Å². The molecule has 0 aliphatic heterocycles. The van der Waals surface area contributed by atoms with Crippen molar-refractivity contribution in [3.63, 3.8) is 0 Å². The summed E-state index contributed by atoms with van der Waals surface area (Å²) in [6.45, 7) is 1.95. The number of pyridine rings is 1. The minimum absolute atomic E-state index is 0.248. The van der Waals surface area contributed by atoms with Crippen LogP contribution in [0.25, 0.3) is 6.08 Å². The van der Waals surface area contributed by atoms with Gasteiger partial charge in [0.15, 0.2) is 21.4 Å². The van der Waals surface area contributed by atoms with Gasteiger partial charge in [0.2, 0.25) is 0 Å². The van der Waals surface area contributed by atoms with E-state index in [9.17, 15) is 13.2 Å². The molecule has 1 N–H and O–H groups in total. The second-order valence-electron chi connectivity index (χ2n) is 6.64. The fourth-order valence-corrected chi connectivity index (χ4v) is 3.85. The number of aromatic nitrogens is 1. The van der Waals surface area contributed by atoms with E-state index in [0.29, 0.717) is 28.6 Å². The third-order valence-corrected chi connectivity index (χ3v) is 5.66. The van der Waals surface area contributed by atoms with Gasteiger partial charge in [0.1, 0.15) is 17.2 Å². The van der Waals surface area contributed by atoms with Crippen molar-refractivity contribution < 1.29 is 36.9 Å². The summed E-state index contributed by atoms with van der Waals surface area (Å²) in [5.74, 6) is 1.02. The molecule has 0 atom stereocenters. The Morgan fingerprint density at radius 2 is 1.65 bits per heavy atom. The van der Waals surface area contributed by atoms with Crippen molar-refractivity contribution >= 4 is 27.7 Å². The van der Waals surface area contributed by atoms with Crippen molar-refractivity contribution in [2.24, 2.45) is 0 Å². The predicted octanol–water partition coefficient (Wildman–Crippen LogP) is 3.19. The number of sulfone groups is 1. The topological polar surface area (TPSA) is 122 Å². The summed E-state index contributed by atoms with van der Waals surface area (Å²) in [4.78, 5) is 15.7. The number of nitrogens with zero attached hydrogens (tertiary/aromatic N) is 1. The molecule has 2 aromatic rings. The Hall–Kier alpha value is -3.73. The van der Waals surface area contributed by atoms with Crippen LogP contribution < -0.4 is 24.3 Å². The molecule has 10 nitrogen and oxygen atoms in total. The predicted molar refractivity (Wildman–Crippen MR) is 128 cm³/mol. The quantitative estimate of drug-likeness (QED) is 0.349. The maximum Gasteiger partial charge on any atom is 0.332 e. The Morgan fingerprint density at radius 3 is 2.21 bits per heavy atom. The minimum atomic E-state index is -3.72. The van der Waals surface area contributed by atoms with Gasteiger partial charge in [0, 0.05) is 29.8 Å². The molecule has 0 amide bonds. The summed E-state index contributed by atoms with van der Waals surface area (Å²) < 4.78 is 51.5. The second kappa shape index (κ2) is 12.5. The van der Waals surface area contributed by atoms with Crippen LogP contribution >= 0.6 is 0 Å². The summed E-state index contributed by atoms with van der Waals surface area (Å²) in [5, 5.41) is 3.87. The van der Waals surface area contributed by atoms with Gasteiger partial charge in [-0.2, -0.15) is 0 Å². The monoisotopic (exact) mass is 492 g/mol. The fourth-order valence-electron chi connectivity index (χ4n) is 2.84. The van der Waals surface area contributed by atoms with E-state index in [4.69, 9.17) is 23.7 Å². The third-order valence-electron chi connectivity index (χ3n) is 4.41. The van der Waals surface area contributed by atoms with Gasteiger partial charge in [0.05, 0.1) is 52.1 Å². The van der Waals surface area contributed by atoms with Crippen LogP contribution in [0.4, 0.5) is 5.82 Å². The molecule has 2 rings (SSSR count). The van der Waals surface area contributed by atoms with Crippen molar-refractivity contribution in [1.82, 2.24) is 4.98 Å². The van der Waals surface area contributed by atoms with Crippen molar-refractivity contribution in [1.29, 1.82) is 0 Å². The third kappa shape index (κ3) is 7.41. The van der Waals surface area contributed by atoms with Gasteiger partial charge in [-0.1, -0.05) is 0 Å². The Labute approximate surface area is 199 Å². The number of methoxy groups -OCH3 is 4. The van der Waals surface area contributed by atoms with E-state index in [-0.39, 0.29) is 23.9 Å². The van der Waals surface area contributed by atoms with Gasteiger partial charge in [-0.3, -0.25) is 0 Å². The molecule has 0 spiro atoms. The average molecular weight is 493 g/mol. The number of ether oxygens (including phenoxy) is 5. The van der Waals surface area contributed by atoms with Crippen molar-refractivity contribution in [3.8, 4) is 23.0 Å². The first-order valence-electron chi connectivity index (χ1n) is 10.1. The van der Waals surface area contributed by atoms with Gasteiger partial charge >= 0.3 is 5.97 Å². The first-order chi connectivity index (χ1) is 16.3. The van der Waals surface area contributed by atoms with Crippen LogP contribution in [-0.4, -0.2) is 54.4 Å². The molecule has 184 valence electrons. The maximum atomic E-state index is 12.8. The number of benzene rings is 1. The largest absolute Gasteiger partial charge is 0.496 e. The molecular weight excluding hydrogens is 464 g/mol. The van der Waals surface area contributed by atoms with Crippen LogP contribution in [0.2, 0.25) is 0 Å². The molecule has 0 saturated heterocycles. The number of rotatable bonds is 12. The molecule has 1 heterocycles. The molecule has 1 aromatic heterocycles.